The fraction of sp³-hybridized carbons (Fsp3) is 0.933. The second kappa shape index (κ2) is 5.80. The highest BCUT2D eigenvalue weighted by molar-refractivity contribution is 5.82. The Morgan fingerprint density at radius 2 is 1.84 bits per heavy atom. The molecule has 1 atom stereocenters. The molecule has 0 spiro atoms. The maximum Gasteiger partial charge on any atom is 0.239 e. The van der Waals surface area contributed by atoms with E-state index in [-0.39, 0.29) is 12.1 Å². The van der Waals surface area contributed by atoms with E-state index in [2.05, 4.69) is 10.2 Å². The quantitative estimate of drug-likeness (QED) is 0.806. The Morgan fingerprint density at radius 1 is 1.11 bits per heavy atom. The van der Waals surface area contributed by atoms with Crippen molar-refractivity contribution in [2.45, 2.75) is 69.6 Å². The number of rotatable bonds is 4. The zero-order chi connectivity index (χ0) is 13.2. The zero-order valence-corrected chi connectivity index (χ0v) is 11.7. The van der Waals surface area contributed by atoms with Gasteiger partial charge in [-0.3, -0.25) is 4.79 Å². The highest BCUT2D eigenvalue weighted by atomic mass is 16.3. The third-order valence-corrected chi connectivity index (χ3v) is 4.84. The van der Waals surface area contributed by atoms with Crippen LogP contribution in [0.15, 0.2) is 0 Å². The highest BCUT2D eigenvalue weighted by Crippen LogP contribution is 2.27. The Hall–Kier alpha value is -0.610. The first-order chi connectivity index (χ1) is 9.22. The van der Waals surface area contributed by atoms with Crippen LogP contribution in [0.2, 0.25) is 0 Å². The van der Waals surface area contributed by atoms with Crippen LogP contribution >= 0.6 is 0 Å². The summed E-state index contributed by atoms with van der Waals surface area (Å²) in [5.41, 5.74) is 0. The molecule has 3 rings (SSSR count). The van der Waals surface area contributed by atoms with Crippen LogP contribution in [0.5, 0.6) is 0 Å². The van der Waals surface area contributed by atoms with Gasteiger partial charge >= 0.3 is 0 Å². The van der Waals surface area contributed by atoms with Gasteiger partial charge < -0.3 is 15.3 Å². The lowest BCUT2D eigenvalue weighted by Crippen LogP contribution is -2.52. The number of hydrogen-bond acceptors (Lipinski definition) is 3. The SMILES string of the molecule is O=C1C(NC2CC2)CCCN1CC1CCC(O)CC1. The van der Waals surface area contributed by atoms with Gasteiger partial charge in [-0.05, 0) is 57.3 Å². The number of hydrogen-bond donors (Lipinski definition) is 2. The van der Waals surface area contributed by atoms with Gasteiger partial charge in [0.2, 0.25) is 5.91 Å². The summed E-state index contributed by atoms with van der Waals surface area (Å²) in [5.74, 6) is 0.927. The number of nitrogens with zero attached hydrogens (tertiary/aromatic N) is 1. The number of nitrogens with one attached hydrogen (secondary N) is 1. The van der Waals surface area contributed by atoms with E-state index in [1.807, 2.05) is 0 Å². The van der Waals surface area contributed by atoms with Crippen molar-refractivity contribution in [3.8, 4) is 0 Å². The summed E-state index contributed by atoms with van der Waals surface area (Å²) < 4.78 is 0. The average molecular weight is 266 g/mol. The molecule has 1 aliphatic heterocycles. The minimum Gasteiger partial charge on any atom is -0.393 e. The lowest BCUT2D eigenvalue weighted by molar-refractivity contribution is -0.137. The van der Waals surface area contributed by atoms with Crippen molar-refractivity contribution >= 4 is 5.91 Å². The zero-order valence-electron chi connectivity index (χ0n) is 11.7. The Morgan fingerprint density at radius 3 is 2.53 bits per heavy atom. The molecule has 1 saturated heterocycles. The van der Waals surface area contributed by atoms with Crippen LogP contribution in [0.3, 0.4) is 0 Å². The summed E-state index contributed by atoms with van der Waals surface area (Å²) >= 11 is 0. The van der Waals surface area contributed by atoms with E-state index in [1.54, 1.807) is 0 Å². The van der Waals surface area contributed by atoms with E-state index in [4.69, 9.17) is 0 Å². The van der Waals surface area contributed by atoms with Crippen LogP contribution in [0.25, 0.3) is 0 Å². The van der Waals surface area contributed by atoms with Gasteiger partial charge in [0, 0.05) is 19.1 Å². The number of carbonyl (C=O) groups is 1. The normalized spacial score (nSPS) is 36.6. The van der Waals surface area contributed by atoms with Crippen LogP contribution in [0.1, 0.15) is 51.4 Å². The summed E-state index contributed by atoms with van der Waals surface area (Å²) in [5, 5.41) is 13.0. The van der Waals surface area contributed by atoms with Crippen molar-refractivity contribution in [1.29, 1.82) is 0 Å². The monoisotopic (exact) mass is 266 g/mol. The molecule has 2 saturated carbocycles. The number of aliphatic hydroxyl groups excluding tert-OH is 1. The first-order valence-corrected chi connectivity index (χ1v) is 7.95. The summed E-state index contributed by atoms with van der Waals surface area (Å²) in [6.45, 7) is 1.84. The molecule has 0 radical (unpaired) electrons. The second-order valence-corrected chi connectivity index (χ2v) is 6.59. The number of piperidine rings is 1. The minimum atomic E-state index is -0.0995. The maximum absolute atomic E-state index is 12.4. The van der Waals surface area contributed by atoms with E-state index < -0.39 is 0 Å². The molecule has 1 heterocycles. The number of amides is 1. The molecule has 0 bridgehead atoms. The van der Waals surface area contributed by atoms with Crippen LogP contribution in [0.4, 0.5) is 0 Å². The van der Waals surface area contributed by atoms with Gasteiger partial charge in [0.05, 0.1) is 12.1 Å². The molecule has 4 nitrogen and oxygen atoms in total. The minimum absolute atomic E-state index is 0.0791. The van der Waals surface area contributed by atoms with Gasteiger partial charge in [0.1, 0.15) is 0 Å². The Balaban J connectivity index is 1.50. The fourth-order valence-corrected chi connectivity index (χ4v) is 3.45. The lowest BCUT2D eigenvalue weighted by atomic mass is 9.86. The van der Waals surface area contributed by atoms with Crippen molar-refractivity contribution in [3.05, 3.63) is 0 Å². The smallest absolute Gasteiger partial charge is 0.239 e. The maximum atomic E-state index is 12.4. The Labute approximate surface area is 115 Å². The molecule has 2 aliphatic carbocycles. The van der Waals surface area contributed by atoms with E-state index in [0.29, 0.717) is 17.9 Å². The second-order valence-electron chi connectivity index (χ2n) is 6.59. The topological polar surface area (TPSA) is 52.6 Å². The third-order valence-electron chi connectivity index (χ3n) is 4.84. The van der Waals surface area contributed by atoms with Gasteiger partial charge in [-0.1, -0.05) is 0 Å². The Bertz CT molecular complexity index is 322. The predicted molar refractivity (Wildman–Crippen MR) is 73.7 cm³/mol. The van der Waals surface area contributed by atoms with Gasteiger partial charge in [-0.25, -0.2) is 0 Å². The number of carbonyl (C=O) groups excluding carboxylic acids is 1. The van der Waals surface area contributed by atoms with Gasteiger partial charge in [0.25, 0.3) is 0 Å². The molecule has 1 unspecified atom stereocenters. The van der Waals surface area contributed by atoms with Crippen LogP contribution in [0, 0.1) is 5.92 Å². The molecule has 3 fully saturated rings. The van der Waals surface area contributed by atoms with Crippen LogP contribution < -0.4 is 5.32 Å². The van der Waals surface area contributed by atoms with Crippen LogP contribution in [-0.4, -0.2) is 47.2 Å². The molecule has 1 amide bonds. The van der Waals surface area contributed by atoms with Crippen molar-refractivity contribution in [2.75, 3.05) is 13.1 Å². The summed E-state index contributed by atoms with van der Waals surface area (Å²) in [4.78, 5) is 14.5. The molecule has 108 valence electrons. The molecular formula is C15H26N2O2. The highest BCUT2D eigenvalue weighted by Gasteiger charge is 2.34. The standard InChI is InChI=1S/C15H26N2O2/c18-13-7-3-11(4-8-13)10-17-9-1-2-14(15(17)19)16-12-5-6-12/h11-14,16,18H,1-10H2. The lowest BCUT2D eigenvalue weighted by Gasteiger charge is -2.36. The Kier molecular flexibility index (Phi) is 4.08. The third kappa shape index (κ3) is 3.48. The molecule has 0 aromatic heterocycles. The molecule has 4 heteroatoms. The number of aliphatic hydroxyl groups is 1. The summed E-state index contributed by atoms with van der Waals surface area (Å²) in [7, 11) is 0. The predicted octanol–water partition coefficient (Wildman–Crippen LogP) is 1.28. The van der Waals surface area contributed by atoms with Crippen molar-refractivity contribution < 1.29 is 9.90 Å². The van der Waals surface area contributed by atoms with Gasteiger partial charge in [-0.2, -0.15) is 0 Å². The van der Waals surface area contributed by atoms with Gasteiger partial charge in [0.15, 0.2) is 0 Å². The van der Waals surface area contributed by atoms with E-state index in [1.165, 1.54) is 12.8 Å². The molecule has 2 N–H and O–H groups in total. The fourth-order valence-electron chi connectivity index (χ4n) is 3.45. The average Bonchev–Trinajstić information content (AvgIpc) is 3.21. The molecule has 3 aliphatic rings. The van der Waals surface area contributed by atoms with Gasteiger partial charge in [-0.15, -0.1) is 0 Å². The molecule has 0 aromatic rings. The van der Waals surface area contributed by atoms with E-state index in [9.17, 15) is 9.90 Å². The molecular weight excluding hydrogens is 240 g/mol. The summed E-state index contributed by atoms with van der Waals surface area (Å²) in [6, 6.07) is 0.689. The number of likely N-dealkylation sites (tertiary alicyclic amines) is 1. The molecule has 0 aromatic carbocycles. The van der Waals surface area contributed by atoms with Crippen molar-refractivity contribution in [3.63, 3.8) is 0 Å². The first-order valence-electron chi connectivity index (χ1n) is 7.95. The largest absolute Gasteiger partial charge is 0.393 e. The van der Waals surface area contributed by atoms with E-state index in [0.717, 1.165) is 51.6 Å². The van der Waals surface area contributed by atoms with E-state index >= 15 is 0 Å². The first kappa shape index (κ1) is 13.4. The van der Waals surface area contributed by atoms with Crippen LogP contribution in [-0.2, 0) is 4.79 Å². The summed E-state index contributed by atoms with van der Waals surface area (Å²) in [6.07, 6.45) is 8.50. The van der Waals surface area contributed by atoms with Crippen molar-refractivity contribution in [2.24, 2.45) is 5.92 Å². The molecule has 19 heavy (non-hydrogen) atoms. The van der Waals surface area contributed by atoms with Crippen molar-refractivity contribution in [1.82, 2.24) is 10.2 Å².